The average molecular weight is 487 g/mol. The Hall–Kier alpha value is -2.81. The predicted octanol–water partition coefficient (Wildman–Crippen LogP) is 4.36. The lowest BCUT2D eigenvalue weighted by Crippen LogP contribution is -2.37. The number of carbonyl (C=O) groups is 3. The van der Waals surface area contributed by atoms with Gasteiger partial charge < -0.3 is 14.8 Å². The van der Waals surface area contributed by atoms with Gasteiger partial charge in [-0.3, -0.25) is 19.3 Å². The summed E-state index contributed by atoms with van der Waals surface area (Å²) >= 11 is 6.76. The summed E-state index contributed by atoms with van der Waals surface area (Å²) in [6, 6.07) is 13.8. The number of ether oxygens (including phenoxy) is 2. The van der Waals surface area contributed by atoms with Crippen LogP contribution in [0.4, 0.5) is 4.79 Å². The molecule has 0 bridgehead atoms. The number of nitrogens with one attached hydrogen (secondary N) is 1. The van der Waals surface area contributed by atoms with E-state index in [-0.39, 0.29) is 36.2 Å². The molecule has 3 amide bonds. The average Bonchev–Trinajstić information content (AvgIpc) is 3.43. The molecule has 2 aromatic carbocycles. The fourth-order valence-corrected chi connectivity index (χ4v) is 4.44. The van der Waals surface area contributed by atoms with Crippen LogP contribution >= 0.6 is 23.4 Å². The van der Waals surface area contributed by atoms with Gasteiger partial charge in [0.15, 0.2) is 0 Å². The van der Waals surface area contributed by atoms with Crippen LogP contribution in [-0.4, -0.2) is 54.4 Å². The van der Waals surface area contributed by atoms with Crippen molar-refractivity contribution in [2.75, 3.05) is 26.3 Å². The Morgan fingerprint density at radius 2 is 1.94 bits per heavy atom. The molecule has 0 aromatic heterocycles. The molecule has 0 saturated carbocycles. The molecule has 2 saturated heterocycles. The van der Waals surface area contributed by atoms with E-state index in [2.05, 4.69) is 5.32 Å². The number of amides is 3. The number of carbonyl (C=O) groups excluding carboxylic acids is 3. The molecule has 4 rings (SSSR count). The van der Waals surface area contributed by atoms with Crippen LogP contribution in [0, 0.1) is 0 Å². The number of imide groups is 1. The molecule has 0 aliphatic carbocycles. The zero-order valence-electron chi connectivity index (χ0n) is 17.8. The van der Waals surface area contributed by atoms with Crippen LogP contribution in [0.5, 0.6) is 5.75 Å². The standard InChI is InChI=1S/C24H23ClN2O5S/c25-18-7-3-16(4-8-18)14-21-23(29)27(24(30)33-21)12-11-26-22(28)17-5-9-19(10-6-17)32-15-20-2-1-13-31-20/h3-10,14,20H,1-2,11-13,15H2,(H,26,28)/b21-14-. The Morgan fingerprint density at radius 3 is 2.64 bits per heavy atom. The number of hydrogen-bond donors (Lipinski definition) is 1. The molecule has 1 N–H and O–H groups in total. The number of thioether (sulfide) groups is 1. The van der Waals surface area contributed by atoms with E-state index in [1.807, 2.05) is 0 Å². The van der Waals surface area contributed by atoms with Gasteiger partial charge in [0, 0.05) is 30.3 Å². The second-order valence-corrected chi connectivity index (χ2v) is 9.04. The van der Waals surface area contributed by atoms with Gasteiger partial charge in [-0.2, -0.15) is 0 Å². The Bertz CT molecular complexity index is 1050. The second-order valence-electron chi connectivity index (χ2n) is 7.61. The van der Waals surface area contributed by atoms with E-state index in [9.17, 15) is 14.4 Å². The molecule has 2 heterocycles. The molecule has 2 aliphatic heterocycles. The fraction of sp³-hybridized carbons (Fsp3) is 0.292. The fourth-order valence-electron chi connectivity index (χ4n) is 3.45. The number of halogens is 1. The zero-order chi connectivity index (χ0) is 23.2. The molecule has 0 radical (unpaired) electrons. The van der Waals surface area contributed by atoms with E-state index in [1.165, 1.54) is 0 Å². The molecule has 33 heavy (non-hydrogen) atoms. The monoisotopic (exact) mass is 486 g/mol. The third-order valence-electron chi connectivity index (χ3n) is 5.24. The summed E-state index contributed by atoms with van der Waals surface area (Å²) < 4.78 is 11.2. The highest BCUT2D eigenvalue weighted by Gasteiger charge is 2.34. The van der Waals surface area contributed by atoms with Crippen molar-refractivity contribution in [2.24, 2.45) is 0 Å². The highest BCUT2D eigenvalue weighted by atomic mass is 35.5. The molecule has 1 atom stereocenters. The van der Waals surface area contributed by atoms with Gasteiger partial charge in [-0.05, 0) is 72.6 Å². The summed E-state index contributed by atoms with van der Waals surface area (Å²) in [6.07, 6.45) is 3.84. The van der Waals surface area contributed by atoms with E-state index in [4.69, 9.17) is 21.1 Å². The summed E-state index contributed by atoms with van der Waals surface area (Å²) in [7, 11) is 0. The number of hydrogen-bond acceptors (Lipinski definition) is 6. The Kier molecular flexibility index (Phi) is 7.69. The lowest BCUT2D eigenvalue weighted by atomic mass is 10.2. The molecule has 9 heteroatoms. The van der Waals surface area contributed by atoms with Crippen LogP contribution in [0.3, 0.4) is 0 Å². The Balaban J connectivity index is 1.25. The van der Waals surface area contributed by atoms with E-state index in [1.54, 1.807) is 54.6 Å². The van der Waals surface area contributed by atoms with Crippen molar-refractivity contribution in [3.05, 3.63) is 69.6 Å². The highest BCUT2D eigenvalue weighted by molar-refractivity contribution is 8.18. The Morgan fingerprint density at radius 1 is 1.18 bits per heavy atom. The lowest BCUT2D eigenvalue weighted by Gasteiger charge is -2.13. The van der Waals surface area contributed by atoms with Crippen LogP contribution in [0.25, 0.3) is 6.08 Å². The zero-order valence-corrected chi connectivity index (χ0v) is 19.4. The summed E-state index contributed by atoms with van der Waals surface area (Å²) in [4.78, 5) is 38.7. The van der Waals surface area contributed by atoms with E-state index in [0.717, 1.165) is 41.7 Å². The third-order valence-corrected chi connectivity index (χ3v) is 6.40. The molecule has 2 aliphatic rings. The molecule has 7 nitrogen and oxygen atoms in total. The van der Waals surface area contributed by atoms with Crippen molar-refractivity contribution >= 4 is 46.5 Å². The van der Waals surface area contributed by atoms with Crippen molar-refractivity contribution in [2.45, 2.75) is 18.9 Å². The molecule has 1 unspecified atom stereocenters. The first-order chi connectivity index (χ1) is 16.0. The van der Waals surface area contributed by atoms with Gasteiger partial charge in [-0.25, -0.2) is 0 Å². The topological polar surface area (TPSA) is 84.9 Å². The van der Waals surface area contributed by atoms with Crippen molar-refractivity contribution in [1.82, 2.24) is 10.2 Å². The van der Waals surface area contributed by atoms with E-state index >= 15 is 0 Å². The van der Waals surface area contributed by atoms with Crippen molar-refractivity contribution in [1.29, 1.82) is 0 Å². The third kappa shape index (κ3) is 6.16. The van der Waals surface area contributed by atoms with Gasteiger partial charge in [0.1, 0.15) is 12.4 Å². The first kappa shape index (κ1) is 23.4. The maximum Gasteiger partial charge on any atom is 0.293 e. The van der Waals surface area contributed by atoms with Gasteiger partial charge in [-0.1, -0.05) is 23.7 Å². The summed E-state index contributed by atoms with van der Waals surface area (Å²) in [5, 5.41) is 2.98. The quantitative estimate of drug-likeness (QED) is 0.558. The predicted molar refractivity (Wildman–Crippen MR) is 127 cm³/mol. The van der Waals surface area contributed by atoms with Gasteiger partial charge >= 0.3 is 0 Å². The molecule has 172 valence electrons. The van der Waals surface area contributed by atoms with Gasteiger partial charge in [0.25, 0.3) is 17.1 Å². The first-order valence-corrected chi connectivity index (χ1v) is 11.8. The normalized spacial score (nSPS) is 19.4. The number of nitrogens with zero attached hydrogens (tertiary/aromatic N) is 1. The summed E-state index contributed by atoms with van der Waals surface area (Å²) in [5.74, 6) is 0.0126. The molecule has 2 fully saturated rings. The minimum absolute atomic E-state index is 0.0942. The Labute approximate surface area is 201 Å². The SMILES string of the molecule is O=C(NCCN1C(=O)S/C(=C\c2ccc(Cl)cc2)C1=O)c1ccc(OCC2CCCO2)cc1. The minimum Gasteiger partial charge on any atom is -0.491 e. The van der Waals surface area contributed by atoms with Crippen LogP contribution in [0.1, 0.15) is 28.8 Å². The highest BCUT2D eigenvalue weighted by Crippen LogP contribution is 2.32. The second kappa shape index (κ2) is 10.9. The van der Waals surface area contributed by atoms with Crippen molar-refractivity contribution in [3.8, 4) is 5.75 Å². The van der Waals surface area contributed by atoms with Gasteiger partial charge in [0.05, 0.1) is 11.0 Å². The molecule has 2 aromatic rings. The van der Waals surface area contributed by atoms with Crippen LogP contribution in [-0.2, 0) is 9.53 Å². The van der Waals surface area contributed by atoms with E-state index in [0.29, 0.717) is 27.8 Å². The smallest absolute Gasteiger partial charge is 0.293 e. The van der Waals surface area contributed by atoms with E-state index < -0.39 is 0 Å². The molecular weight excluding hydrogens is 464 g/mol. The maximum atomic E-state index is 12.6. The maximum absolute atomic E-state index is 12.6. The van der Waals surface area contributed by atoms with Crippen molar-refractivity contribution in [3.63, 3.8) is 0 Å². The van der Waals surface area contributed by atoms with Gasteiger partial charge in [0.2, 0.25) is 0 Å². The van der Waals surface area contributed by atoms with Gasteiger partial charge in [-0.15, -0.1) is 0 Å². The summed E-state index contributed by atoms with van der Waals surface area (Å²) in [6.45, 7) is 1.52. The van der Waals surface area contributed by atoms with Crippen molar-refractivity contribution < 1.29 is 23.9 Å². The molecule has 0 spiro atoms. The van der Waals surface area contributed by atoms with Crippen LogP contribution in [0.2, 0.25) is 5.02 Å². The summed E-state index contributed by atoms with van der Waals surface area (Å²) in [5.41, 5.74) is 1.25. The number of benzene rings is 2. The van der Waals surface area contributed by atoms with Crippen LogP contribution in [0.15, 0.2) is 53.4 Å². The van der Waals surface area contributed by atoms with Crippen LogP contribution < -0.4 is 10.1 Å². The largest absolute Gasteiger partial charge is 0.491 e. The first-order valence-electron chi connectivity index (χ1n) is 10.6. The molecular formula is C24H23ClN2O5S. The minimum atomic E-state index is -0.373. The number of rotatable bonds is 8. The lowest BCUT2D eigenvalue weighted by molar-refractivity contribution is -0.122.